The molecule has 3 aromatic rings. The van der Waals surface area contributed by atoms with Crippen LogP contribution in [0.25, 0.3) is 0 Å². The quantitative estimate of drug-likeness (QED) is 0.607. The van der Waals surface area contributed by atoms with Crippen LogP contribution in [0.2, 0.25) is 5.02 Å². The molecule has 6 nitrogen and oxygen atoms in total. The molecule has 1 aliphatic heterocycles. The van der Waals surface area contributed by atoms with Crippen LogP contribution in [0, 0.1) is 0 Å². The summed E-state index contributed by atoms with van der Waals surface area (Å²) in [5, 5.41) is 4.55. The van der Waals surface area contributed by atoms with E-state index in [0.717, 1.165) is 31.9 Å². The summed E-state index contributed by atoms with van der Waals surface area (Å²) < 4.78 is 6.88. The van der Waals surface area contributed by atoms with Crippen LogP contribution in [0.4, 0.5) is 11.4 Å². The average molecular weight is 425 g/mol. The molecule has 0 saturated carbocycles. The van der Waals surface area contributed by atoms with Gasteiger partial charge in [-0.25, -0.2) is 4.68 Å². The van der Waals surface area contributed by atoms with Gasteiger partial charge in [0.1, 0.15) is 5.02 Å². The normalized spacial score (nSPS) is 14.0. The average Bonchev–Trinajstić information content (AvgIpc) is 2.78. The van der Waals surface area contributed by atoms with E-state index in [4.69, 9.17) is 16.3 Å². The zero-order valence-corrected chi connectivity index (χ0v) is 17.8. The molecule has 0 spiro atoms. The Hall–Kier alpha value is -2.83. The summed E-state index contributed by atoms with van der Waals surface area (Å²) in [7, 11) is 1.93. The minimum Gasteiger partial charge on any atom is -0.378 e. The highest BCUT2D eigenvalue weighted by atomic mass is 35.5. The lowest BCUT2D eigenvalue weighted by atomic mass is 10.1. The van der Waals surface area contributed by atoms with E-state index in [9.17, 15) is 4.79 Å². The molecule has 1 saturated heterocycles. The highest BCUT2D eigenvalue weighted by Crippen LogP contribution is 2.26. The molecule has 0 unspecified atom stereocenters. The van der Waals surface area contributed by atoms with E-state index in [-0.39, 0.29) is 10.6 Å². The third-order valence-corrected chi connectivity index (χ3v) is 5.66. The van der Waals surface area contributed by atoms with Gasteiger partial charge in [-0.3, -0.25) is 4.79 Å². The van der Waals surface area contributed by atoms with Gasteiger partial charge in [0.05, 0.1) is 31.6 Å². The standard InChI is InChI=1S/C23H25ClN4O2/c1-26(17-19-9-5-6-10-20(19)27-11-13-30-14-12-27)21-15-25-28(23(29)22(21)24)16-18-7-3-2-4-8-18/h2-10,15H,11-14,16-17H2,1H3. The van der Waals surface area contributed by atoms with Gasteiger partial charge in [-0.15, -0.1) is 0 Å². The molecular weight excluding hydrogens is 400 g/mol. The van der Waals surface area contributed by atoms with Gasteiger partial charge in [-0.05, 0) is 17.2 Å². The number of para-hydroxylation sites is 1. The molecule has 1 aromatic heterocycles. The predicted molar refractivity (Wildman–Crippen MR) is 121 cm³/mol. The van der Waals surface area contributed by atoms with Crippen LogP contribution in [0.3, 0.4) is 0 Å². The second-order valence-corrected chi connectivity index (χ2v) is 7.75. The first-order valence-electron chi connectivity index (χ1n) is 10.0. The van der Waals surface area contributed by atoms with E-state index < -0.39 is 0 Å². The maximum atomic E-state index is 12.8. The van der Waals surface area contributed by atoms with Crippen LogP contribution < -0.4 is 15.4 Å². The van der Waals surface area contributed by atoms with Crippen molar-refractivity contribution >= 4 is 23.0 Å². The van der Waals surface area contributed by atoms with Crippen molar-refractivity contribution in [3.63, 3.8) is 0 Å². The lowest BCUT2D eigenvalue weighted by Crippen LogP contribution is -2.37. The molecule has 7 heteroatoms. The van der Waals surface area contributed by atoms with Crippen molar-refractivity contribution in [2.45, 2.75) is 13.1 Å². The third-order valence-electron chi connectivity index (χ3n) is 5.30. The van der Waals surface area contributed by atoms with E-state index in [1.54, 1.807) is 6.20 Å². The monoisotopic (exact) mass is 424 g/mol. The van der Waals surface area contributed by atoms with Crippen molar-refractivity contribution in [2.75, 3.05) is 43.2 Å². The minimum absolute atomic E-state index is 0.187. The number of halogens is 1. The number of anilines is 2. The van der Waals surface area contributed by atoms with Crippen LogP contribution in [0.1, 0.15) is 11.1 Å². The van der Waals surface area contributed by atoms with Crippen molar-refractivity contribution in [2.24, 2.45) is 0 Å². The molecule has 0 amide bonds. The number of hydrogen-bond donors (Lipinski definition) is 0. The number of benzene rings is 2. The van der Waals surface area contributed by atoms with E-state index in [2.05, 4.69) is 22.1 Å². The van der Waals surface area contributed by atoms with E-state index in [0.29, 0.717) is 18.8 Å². The maximum Gasteiger partial charge on any atom is 0.287 e. The fraction of sp³-hybridized carbons (Fsp3) is 0.304. The van der Waals surface area contributed by atoms with Gasteiger partial charge in [0.15, 0.2) is 0 Å². The Morgan fingerprint density at radius 3 is 2.53 bits per heavy atom. The van der Waals surface area contributed by atoms with Gasteiger partial charge in [0.25, 0.3) is 5.56 Å². The second kappa shape index (κ2) is 9.32. The summed E-state index contributed by atoms with van der Waals surface area (Å²) in [4.78, 5) is 17.1. The third kappa shape index (κ3) is 4.50. The molecule has 156 valence electrons. The Bertz CT molecular complexity index is 1050. The smallest absolute Gasteiger partial charge is 0.287 e. The number of nitrogens with zero attached hydrogens (tertiary/aromatic N) is 4. The van der Waals surface area contributed by atoms with Crippen molar-refractivity contribution in [3.8, 4) is 0 Å². The van der Waals surface area contributed by atoms with Gasteiger partial charge in [0.2, 0.25) is 0 Å². The minimum atomic E-state index is -0.286. The van der Waals surface area contributed by atoms with Gasteiger partial charge < -0.3 is 14.5 Å². The molecular formula is C23H25ClN4O2. The summed E-state index contributed by atoms with van der Waals surface area (Å²) in [6.45, 7) is 4.23. The Morgan fingerprint density at radius 1 is 1.07 bits per heavy atom. The fourth-order valence-electron chi connectivity index (χ4n) is 3.69. The number of rotatable bonds is 6. The molecule has 0 N–H and O–H groups in total. The molecule has 4 rings (SSSR count). The summed E-state index contributed by atoms with van der Waals surface area (Å²) in [6.07, 6.45) is 1.67. The topological polar surface area (TPSA) is 50.6 Å². The number of aromatic nitrogens is 2. The van der Waals surface area contributed by atoms with Crippen LogP contribution in [-0.4, -0.2) is 43.1 Å². The van der Waals surface area contributed by atoms with Crippen LogP contribution in [0.15, 0.2) is 65.6 Å². The molecule has 1 aliphatic rings. The van der Waals surface area contributed by atoms with Gasteiger partial charge in [-0.2, -0.15) is 5.10 Å². The van der Waals surface area contributed by atoms with E-state index >= 15 is 0 Å². The highest BCUT2D eigenvalue weighted by molar-refractivity contribution is 6.33. The van der Waals surface area contributed by atoms with Crippen LogP contribution >= 0.6 is 11.6 Å². The van der Waals surface area contributed by atoms with Crippen molar-refractivity contribution in [1.29, 1.82) is 0 Å². The van der Waals surface area contributed by atoms with Crippen LogP contribution in [0.5, 0.6) is 0 Å². The number of ether oxygens (including phenoxy) is 1. The summed E-state index contributed by atoms with van der Waals surface area (Å²) in [5.41, 5.74) is 3.71. The molecule has 2 heterocycles. The summed E-state index contributed by atoms with van der Waals surface area (Å²) in [6, 6.07) is 18.1. The molecule has 2 aromatic carbocycles. The summed E-state index contributed by atoms with van der Waals surface area (Å²) in [5.74, 6) is 0. The Balaban J connectivity index is 1.55. The van der Waals surface area contributed by atoms with Crippen molar-refractivity contribution in [3.05, 3.63) is 87.3 Å². The molecule has 0 bridgehead atoms. The van der Waals surface area contributed by atoms with Crippen molar-refractivity contribution < 1.29 is 4.74 Å². The first kappa shape index (κ1) is 20.4. The zero-order valence-electron chi connectivity index (χ0n) is 17.0. The molecule has 30 heavy (non-hydrogen) atoms. The van der Waals surface area contributed by atoms with E-state index in [1.807, 2.05) is 54.4 Å². The number of hydrogen-bond acceptors (Lipinski definition) is 5. The Labute approximate surface area is 181 Å². The van der Waals surface area contributed by atoms with Gasteiger partial charge >= 0.3 is 0 Å². The highest BCUT2D eigenvalue weighted by Gasteiger charge is 2.18. The van der Waals surface area contributed by atoms with Crippen LogP contribution in [-0.2, 0) is 17.8 Å². The first-order valence-corrected chi connectivity index (χ1v) is 10.4. The lowest BCUT2D eigenvalue weighted by Gasteiger charge is -2.31. The molecule has 1 fully saturated rings. The second-order valence-electron chi connectivity index (χ2n) is 7.38. The summed E-state index contributed by atoms with van der Waals surface area (Å²) >= 11 is 6.47. The van der Waals surface area contributed by atoms with Gasteiger partial charge in [0, 0.05) is 32.4 Å². The SMILES string of the molecule is CN(Cc1ccccc1N1CCOCC1)c1cnn(Cc2ccccc2)c(=O)c1Cl. The largest absolute Gasteiger partial charge is 0.378 e. The lowest BCUT2D eigenvalue weighted by molar-refractivity contribution is 0.122. The van der Waals surface area contributed by atoms with Gasteiger partial charge in [-0.1, -0.05) is 60.1 Å². The maximum absolute atomic E-state index is 12.8. The molecule has 0 aliphatic carbocycles. The molecule has 0 atom stereocenters. The fourth-order valence-corrected chi connectivity index (χ4v) is 3.98. The van der Waals surface area contributed by atoms with E-state index in [1.165, 1.54) is 15.9 Å². The first-order chi connectivity index (χ1) is 14.6. The Kier molecular flexibility index (Phi) is 6.35. The zero-order chi connectivity index (χ0) is 20.9. The predicted octanol–water partition coefficient (Wildman–Crippen LogP) is 3.42. The Morgan fingerprint density at radius 2 is 1.77 bits per heavy atom. The van der Waals surface area contributed by atoms with Crippen molar-refractivity contribution in [1.82, 2.24) is 9.78 Å². The number of morpholine rings is 1. The molecule has 0 radical (unpaired) electrons.